The van der Waals surface area contributed by atoms with Crippen molar-refractivity contribution in [2.24, 2.45) is 0 Å². The van der Waals surface area contributed by atoms with Crippen molar-refractivity contribution in [3.05, 3.63) is 71.1 Å². The van der Waals surface area contributed by atoms with Crippen molar-refractivity contribution in [1.29, 1.82) is 0 Å². The molecule has 1 amide bonds. The second-order valence-electron chi connectivity index (χ2n) is 8.56. The normalized spacial score (nSPS) is 10.7. The molecule has 7 nitrogen and oxygen atoms in total. The number of hydrogen-bond acceptors (Lipinski definition) is 5. The highest BCUT2D eigenvalue weighted by atomic mass is 16.4. The molecule has 0 saturated carbocycles. The third-order valence-corrected chi connectivity index (χ3v) is 5.84. The summed E-state index contributed by atoms with van der Waals surface area (Å²) in [7, 11) is 7.74. The fourth-order valence-electron chi connectivity index (χ4n) is 4.02. The SMILES string of the molecule is C#CCNC(=O)c1ccc(-c2c3ccc(=[N+](C)C)cc-3oc3cc(N(C)C)ccc23)c(C(=O)[O-])c1. The van der Waals surface area contributed by atoms with E-state index >= 15 is 0 Å². The van der Waals surface area contributed by atoms with Gasteiger partial charge in [-0.1, -0.05) is 12.0 Å². The highest BCUT2D eigenvalue weighted by molar-refractivity contribution is 6.09. The van der Waals surface area contributed by atoms with Crippen LogP contribution in [0.3, 0.4) is 0 Å². The molecule has 176 valence electrons. The van der Waals surface area contributed by atoms with Crippen molar-refractivity contribution in [3.63, 3.8) is 0 Å². The Labute approximate surface area is 203 Å². The summed E-state index contributed by atoms with van der Waals surface area (Å²) < 4.78 is 8.26. The van der Waals surface area contributed by atoms with Crippen LogP contribution < -0.4 is 25.3 Å². The molecule has 0 unspecified atom stereocenters. The fourth-order valence-corrected chi connectivity index (χ4v) is 4.02. The third-order valence-electron chi connectivity index (χ3n) is 5.84. The summed E-state index contributed by atoms with van der Waals surface area (Å²) >= 11 is 0. The zero-order valence-electron chi connectivity index (χ0n) is 20.0. The molecule has 1 aliphatic carbocycles. The number of carboxylic acid groups (broad SMARTS) is 1. The van der Waals surface area contributed by atoms with Gasteiger partial charge in [-0.3, -0.25) is 4.79 Å². The summed E-state index contributed by atoms with van der Waals surface area (Å²) in [6, 6.07) is 16.1. The Kier molecular flexibility index (Phi) is 6.30. The lowest BCUT2D eigenvalue weighted by molar-refractivity contribution is -0.254. The third kappa shape index (κ3) is 4.46. The van der Waals surface area contributed by atoms with Crippen molar-refractivity contribution in [2.75, 3.05) is 39.6 Å². The highest BCUT2D eigenvalue weighted by Gasteiger charge is 2.21. The highest BCUT2D eigenvalue weighted by Crippen LogP contribution is 2.42. The van der Waals surface area contributed by atoms with Crippen LogP contribution in [0, 0.1) is 12.3 Å². The molecular formula is C28H25N3O4. The molecule has 7 heteroatoms. The minimum atomic E-state index is -1.39. The van der Waals surface area contributed by atoms with Gasteiger partial charge < -0.3 is 24.5 Å². The van der Waals surface area contributed by atoms with E-state index in [9.17, 15) is 14.7 Å². The number of aromatic carboxylic acids is 1. The van der Waals surface area contributed by atoms with Gasteiger partial charge >= 0.3 is 0 Å². The zero-order chi connectivity index (χ0) is 25.3. The Morgan fingerprint density at radius 3 is 2.46 bits per heavy atom. The number of nitrogens with one attached hydrogen (secondary N) is 1. The first kappa shape index (κ1) is 23.6. The van der Waals surface area contributed by atoms with Crippen molar-refractivity contribution >= 4 is 28.5 Å². The molecule has 2 aliphatic rings. The minimum Gasteiger partial charge on any atom is -0.545 e. The van der Waals surface area contributed by atoms with Crippen molar-refractivity contribution < 1.29 is 19.1 Å². The standard InChI is InChI=1S/C28H25N3O4/c1-6-13-29-27(32)17-7-10-20(23(14-17)28(33)34)26-21-11-8-18(30(2)3)15-24(21)35-25-16-19(31(4)5)9-12-22(25)26/h1,7-12,14-16H,13H2,2-5H3,(H-,29,32,33,34). The average molecular weight is 468 g/mol. The number of hydrogen-bond donors (Lipinski definition) is 1. The zero-order valence-corrected chi connectivity index (χ0v) is 20.0. The van der Waals surface area contributed by atoms with E-state index < -0.39 is 11.9 Å². The van der Waals surface area contributed by atoms with Gasteiger partial charge in [0.05, 0.1) is 18.6 Å². The second kappa shape index (κ2) is 9.35. The number of benzene rings is 3. The van der Waals surface area contributed by atoms with Crippen LogP contribution in [0.15, 0.2) is 59.0 Å². The van der Waals surface area contributed by atoms with Gasteiger partial charge in [0.15, 0.2) is 0 Å². The lowest BCUT2D eigenvalue weighted by Gasteiger charge is -2.20. The van der Waals surface area contributed by atoms with Gasteiger partial charge in [0.25, 0.3) is 5.91 Å². The maximum Gasteiger partial charge on any atom is 0.252 e. The topological polar surface area (TPSA) is 88.6 Å². The summed E-state index contributed by atoms with van der Waals surface area (Å²) in [6.07, 6.45) is 5.21. The van der Waals surface area contributed by atoms with Gasteiger partial charge in [0.1, 0.15) is 25.4 Å². The number of amides is 1. The van der Waals surface area contributed by atoms with Crippen LogP contribution in [0.2, 0.25) is 0 Å². The van der Waals surface area contributed by atoms with Crippen molar-refractivity contribution in [3.8, 4) is 34.8 Å². The average Bonchev–Trinajstić information content (AvgIpc) is 2.84. The summed E-state index contributed by atoms with van der Waals surface area (Å²) in [5, 5.41) is 16.5. The molecule has 1 N–H and O–H groups in total. The smallest absolute Gasteiger partial charge is 0.252 e. The van der Waals surface area contributed by atoms with Gasteiger partial charge in [0.2, 0.25) is 5.36 Å². The summed E-state index contributed by atoms with van der Waals surface area (Å²) in [5.74, 6) is 1.09. The largest absolute Gasteiger partial charge is 0.545 e. The molecule has 0 spiro atoms. The summed E-state index contributed by atoms with van der Waals surface area (Å²) in [5.41, 5.74) is 3.49. The number of carboxylic acids is 1. The molecule has 0 radical (unpaired) electrons. The Morgan fingerprint density at radius 2 is 1.80 bits per heavy atom. The first-order chi connectivity index (χ1) is 16.7. The number of anilines is 1. The molecule has 2 aromatic carbocycles. The molecule has 0 atom stereocenters. The summed E-state index contributed by atoms with van der Waals surface area (Å²) in [6.45, 7) is 0.0408. The van der Waals surface area contributed by atoms with Gasteiger partial charge in [-0.2, -0.15) is 0 Å². The Hall–Kier alpha value is -4.57. The lowest BCUT2D eigenvalue weighted by atomic mass is 9.89. The number of terminal acetylenes is 1. The molecule has 1 heterocycles. The molecule has 1 aliphatic heterocycles. The number of fused-ring (bicyclic) bond motifs is 2. The van der Waals surface area contributed by atoms with Gasteiger partial charge in [-0.05, 0) is 35.9 Å². The van der Waals surface area contributed by atoms with Gasteiger partial charge in [0, 0.05) is 59.6 Å². The van der Waals surface area contributed by atoms with E-state index in [0.717, 1.165) is 22.0 Å². The van der Waals surface area contributed by atoms with E-state index in [2.05, 4.69) is 11.2 Å². The summed E-state index contributed by atoms with van der Waals surface area (Å²) in [4.78, 5) is 26.6. The predicted octanol–water partition coefficient (Wildman–Crippen LogP) is 2.03. The molecule has 0 aromatic heterocycles. The van der Waals surface area contributed by atoms with Crippen LogP contribution in [-0.2, 0) is 0 Å². The monoisotopic (exact) mass is 467 g/mol. The minimum absolute atomic E-state index is 0.0408. The molecule has 35 heavy (non-hydrogen) atoms. The maximum atomic E-state index is 12.4. The van der Waals surface area contributed by atoms with E-state index in [1.807, 2.05) is 74.1 Å². The quantitative estimate of drug-likeness (QED) is 0.276. The van der Waals surface area contributed by atoms with E-state index in [-0.39, 0.29) is 17.7 Å². The molecule has 0 saturated heterocycles. The van der Waals surface area contributed by atoms with E-state index in [0.29, 0.717) is 22.5 Å². The van der Waals surface area contributed by atoms with E-state index in [1.165, 1.54) is 6.07 Å². The van der Waals surface area contributed by atoms with Gasteiger partial charge in [-0.15, -0.1) is 6.42 Å². The van der Waals surface area contributed by atoms with Gasteiger partial charge in [-0.25, -0.2) is 4.58 Å². The van der Waals surface area contributed by atoms with Crippen LogP contribution >= 0.6 is 0 Å². The molecule has 2 aromatic rings. The van der Waals surface area contributed by atoms with Crippen LogP contribution in [0.5, 0.6) is 0 Å². The number of nitrogens with zero attached hydrogens (tertiary/aromatic N) is 2. The Bertz CT molecular complexity index is 1550. The first-order valence-corrected chi connectivity index (χ1v) is 11.0. The maximum absolute atomic E-state index is 12.4. The number of carbonyl (C=O) groups is 2. The Morgan fingerprint density at radius 1 is 1.06 bits per heavy atom. The van der Waals surface area contributed by atoms with Crippen LogP contribution in [-0.4, -0.2) is 46.6 Å². The lowest BCUT2D eigenvalue weighted by Crippen LogP contribution is -2.26. The van der Waals surface area contributed by atoms with Crippen LogP contribution in [0.1, 0.15) is 20.7 Å². The van der Waals surface area contributed by atoms with Crippen molar-refractivity contribution in [2.45, 2.75) is 0 Å². The number of carbonyl (C=O) groups excluding carboxylic acids is 2. The first-order valence-electron chi connectivity index (χ1n) is 11.0. The Balaban J connectivity index is 2.07. The van der Waals surface area contributed by atoms with E-state index in [4.69, 9.17) is 10.8 Å². The van der Waals surface area contributed by atoms with Crippen LogP contribution in [0.4, 0.5) is 5.69 Å². The number of rotatable bonds is 5. The second-order valence-corrected chi connectivity index (χ2v) is 8.56. The van der Waals surface area contributed by atoms with Crippen molar-refractivity contribution in [1.82, 2.24) is 9.89 Å². The van der Waals surface area contributed by atoms with Crippen LogP contribution in [0.25, 0.3) is 33.4 Å². The molecule has 0 fully saturated rings. The molecule has 0 bridgehead atoms. The fraction of sp³-hybridized carbons (Fsp3) is 0.179. The molecule has 4 rings (SSSR count). The predicted molar refractivity (Wildman–Crippen MR) is 135 cm³/mol. The van der Waals surface area contributed by atoms with E-state index in [1.54, 1.807) is 12.1 Å². The molecular weight excluding hydrogens is 442 g/mol.